The SMILES string of the molecule is COCC(=O)N1CCc2[nH]cnc2C12CCN(c1ccc(Cl)cn1)CC2. The number of carbonyl (C=O) groups is 1. The quantitative estimate of drug-likeness (QED) is 0.888. The summed E-state index contributed by atoms with van der Waals surface area (Å²) in [6, 6.07) is 3.80. The molecular formula is C18H22ClN5O2. The van der Waals surface area contributed by atoms with Gasteiger partial charge in [-0.2, -0.15) is 0 Å². The van der Waals surface area contributed by atoms with Crippen LogP contribution in [0.4, 0.5) is 5.82 Å². The Morgan fingerprint density at radius 1 is 1.31 bits per heavy atom. The number of aromatic nitrogens is 3. The molecule has 2 aliphatic rings. The summed E-state index contributed by atoms with van der Waals surface area (Å²) >= 11 is 5.95. The third-order valence-electron chi connectivity index (χ3n) is 5.46. The van der Waals surface area contributed by atoms with Gasteiger partial charge in [-0.1, -0.05) is 11.6 Å². The van der Waals surface area contributed by atoms with Crippen LogP contribution in [0.1, 0.15) is 24.2 Å². The number of amides is 1. The van der Waals surface area contributed by atoms with Crippen LogP contribution in [0.15, 0.2) is 24.7 Å². The van der Waals surface area contributed by atoms with Crippen LogP contribution in [0.3, 0.4) is 0 Å². The Labute approximate surface area is 157 Å². The van der Waals surface area contributed by atoms with Gasteiger partial charge in [0.2, 0.25) is 5.91 Å². The van der Waals surface area contributed by atoms with Gasteiger partial charge < -0.3 is 19.5 Å². The lowest BCUT2D eigenvalue weighted by Crippen LogP contribution is -2.59. The van der Waals surface area contributed by atoms with Gasteiger partial charge in [-0.25, -0.2) is 9.97 Å². The average molecular weight is 376 g/mol. The van der Waals surface area contributed by atoms with E-state index in [0.29, 0.717) is 11.6 Å². The van der Waals surface area contributed by atoms with E-state index in [4.69, 9.17) is 16.3 Å². The van der Waals surface area contributed by atoms with Crippen LogP contribution in [-0.2, 0) is 21.5 Å². The molecule has 0 atom stereocenters. The smallest absolute Gasteiger partial charge is 0.249 e. The van der Waals surface area contributed by atoms with E-state index >= 15 is 0 Å². The first kappa shape index (κ1) is 17.3. The van der Waals surface area contributed by atoms with Gasteiger partial charge in [0.1, 0.15) is 12.4 Å². The highest BCUT2D eigenvalue weighted by Gasteiger charge is 2.48. The Kier molecular flexibility index (Phi) is 4.58. The number of nitrogens with zero attached hydrogens (tertiary/aromatic N) is 4. The molecule has 1 saturated heterocycles. The maximum absolute atomic E-state index is 12.7. The van der Waals surface area contributed by atoms with Gasteiger partial charge in [-0.05, 0) is 25.0 Å². The minimum absolute atomic E-state index is 0.0271. The lowest BCUT2D eigenvalue weighted by Gasteiger charge is -2.50. The number of H-pyrrole nitrogens is 1. The molecule has 7 nitrogen and oxygen atoms in total. The predicted molar refractivity (Wildman–Crippen MR) is 98.3 cm³/mol. The van der Waals surface area contributed by atoms with Crippen molar-refractivity contribution in [3.63, 3.8) is 0 Å². The van der Waals surface area contributed by atoms with Gasteiger partial charge in [0, 0.05) is 45.1 Å². The molecule has 0 radical (unpaired) electrons. The van der Waals surface area contributed by atoms with Crippen LogP contribution in [0, 0.1) is 0 Å². The van der Waals surface area contributed by atoms with E-state index in [0.717, 1.165) is 49.6 Å². The normalized spacial score (nSPS) is 18.8. The molecular weight excluding hydrogens is 354 g/mol. The molecule has 0 saturated carbocycles. The summed E-state index contributed by atoms with van der Waals surface area (Å²) < 4.78 is 5.11. The standard InChI is InChI=1S/C18H22ClN5O2/c1-26-11-16(25)24-7-4-14-17(22-12-21-14)18(24)5-8-23(9-6-18)15-3-2-13(19)10-20-15/h2-3,10,12H,4-9,11H2,1H3,(H,21,22). The molecule has 0 aromatic carbocycles. The van der Waals surface area contributed by atoms with Crippen molar-refractivity contribution in [2.24, 2.45) is 0 Å². The number of hydrogen-bond donors (Lipinski definition) is 1. The number of ether oxygens (including phenoxy) is 1. The van der Waals surface area contributed by atoms with Crippen molar-refractivity contribution in [1.82, 2.24) is 19.9 Å². The second-order valence-corrected chi connectivity index (χ2v) is 7.25. The van der Waals surface area contributed by atoms with E-state index in [1.165, 1.54) is 0 Å². The molecule has 8 heteroatoms. The van der Waals surface area contributed by atoms with Crippen molar-refractivity contribution in [2.45, 2.75) is 24.8 Å². The molecule has 4 rings (SSSR count). The highest BCUT2D eigenvalue weighted by molar-refractivity contribution is 6.30. The summed E-state index contributed by atoms with van der Waals surface area (Å²) in [5, 5.41) is 0.631. The summed E-state index contributed by atoms with van der Waals surface area (Å²) in [4.78, 5) is 29.2. The second kappa shape index (κ2) is 6.89. The summed E-state index contributed by atoms with van der Waals surface area (Å²) in [5.41, 5.74) is 1.79. The topological polar surface area (TPSA) is 74.3 Å². The van der Waals surface area contributed by atoms with Crippen molar-refractivity contribution in [3.8, 4) is 0 Å². The van der Waals surface area contributed by atoms with Crippen molar-refractivity contribution < 1.29 is 9.53 Å². The number of rotatable bonds is 3. The zero-order valence-corrected chi connectivity index (χ0v) is 15.5. The molecule has 2 aromatic rings. The van der Waals surface area contributed by atoms with E-state index in [-0.39, 0.29) is 18.1 Å². The number of piperidine rings is 1. The molecule has 0 aliphatic carbocycles. The molecule has 26 heavy (non-hydrogen) atoms. The number of fused-ring (bicyclic) bond motifs is 2. The van der Waals surface area contributed by atoms with E-state index in [9.17, 15) is 4.79 Å². The Balaban J connectivity index is 1.61. The van der Waals surface area contributed by atoms with Gasteiger partial charge in [0.15, 0.2) is 0 Å². The Hall–Kier alpha value is -2.12. The van der Waals surface area contributed by atoms with Crippen molar-refractivity contribution in [2.75, 3.05) is 38.3 Å². The largest absolute Gasteiger partial charge is 0.375 e. The fraction of sp³-hybridized carbons (Fsp3) is 0.500. The number of anilines is 1. The van der Waals surface area contributed by atoms with Gasteiger partial charge in [0.05, 0.1) is 22.6 Å². The Bertz CT molecular complexity index is 783. The highest BCUT2D eigenvalue weighted by atomic mass is 35.5. The Morgan fingerprint density at radius 3 is 2.81 bits per heavy atom. The number of carbonyl (C=O) groups excluding carboxylic acids is 1. The fourth-order valence-electron chi connectivity index (χ4n) is 4.21. The minimum atomic E-state index is -0.369. The van der Waals surface area contributed by atoms with Crippen LogP contribution in [0.25, 0.3) is 0 Å². The molecule has 0 bridgehead atoms. The lowest BCUT2D eigenvalue weighted by molar-refractivity contribution is -0.144. The number of imidazole rings is 1. The van der Waals surface area contributed by atoms with Gasteiger partial charge >= 0.3 is 0 Å². The number of nitrogens with one attached hydrogen (secondary N) is 1. The van der Waals surface area contributed by atoms with Crippen LogP contribution >= 0.6 is 11.6 Å². The average Bonchev–Trinajstić information content (AvgIpc) is 3.14. The number of aromatic amines is 1. The van der Waals surface area contributed by atoms with Gasteiger partial charge in [0.25, 0.3) is 0 Å². The van der Waals surface area contributed by atoms with Crippen LogP contribution in [0.5, 0.6) is 0 Å². The third-order valence-corrected chi connectivity index (χ3v) is 5.68. The third kappa shape index (κ3) is 2.85. The summed E-state index contributed by atoms with van der Waals surface area (Å²) in [6.07, 6.45) is 5.83. The summed E-state index contributed by atoms with van der Waals surface area (Å²) in [5.74, 6) is 0.941. The lowest BCUT2D eigenvalue weighted by atomic mass is 9.78. The van der Waals surface area contributed by atoms with Crippen LogP contribution in [0.2, 0.25) is 5.02 Å². The maximum Gasteiger partial charge on any atom is 0.249 e. The number of pyridine rings is 1. The van der Waals surface area contributed by atoms with Crippen molar-refractivity contribution in [1.29, 1.82) is 0 Å². The summed E-state index contributed by atoms with van der Waals surface area (Å²) in [6.45, 7) is 2.40. The fourth-order valence-corrected chi connectivity index (χ4v) is 4.32. The minimum Gasteiger partial charge on any atom is -0.375 e. The highest BCUT2D eigenvalue weighted by Crippen LogP contribution is 2.42. The van der Waals surface area contributed by atoms with Crippen LogP contribution in [-0.4, -0.2) is 59.1 Å². The molecule has 138 valence electrons. The zero-order valence-electron chi connectivity index (χ0n) is 14.7. The molecule has 1 amide bonds. The summed E-state index contributed by atoms with van der Waals surface area (Å²) in [7, 11) is 1.56. The Morgan fingerprint density at radius 2 is 2.12 bits per heavy atom. The zero-order chi connectivity index (χ0) is 18.1. The molecule has 2 aromatic heterocycles. The van der Waals surface area contributed by atoms with E-state index in [1.807, 2.05) is 17.0 Å². The van der Waals surface area contributed by atoms with Crippen molar-refractivity contribution >= 4 is 23.3 Å². The first-order chi connectivity index (χ1) is 12.6. The predicted octanol–water partition coefficient (Wildman–Crippen LogP) is 1.98. The second-order valence-electron chi connectivity index (χ2n) is 6.81. The maximum atomic E-state index is 12.7. The van der Waals surface area contributed by atoms with Crippen molar-refractivity contribution in [3.05, 3.63) is 41.1 Å². The molecule has 0 unspecified atom stereocenters. The molecule has 1 spiro atoms. The molecule has 4 heterocycles. The monoisotopic (exact) mass is 375 g/mol. The van der Waals surface area contributed by atoms with Gasteiger partial charge in [-0.15, -0.1) is 0 Å². The molecule has 1 N–H and O–H groups in total. The number of methoxy groups -OCH3 is 1. The number of hydrogen-bond acceptors (Lipinski definition) is 5. The molecule has 2 aliphatic heterocycles. The number of halogens is 1. The van der Waals surface area contributed by atoms with Gasteiger partial charge in [-0.3, -0.25) is 4.79 Å². The van der Waals surface area contributed by atoms with Crippen LogP contribution < -0.4 is 4.90 Å². The van der Waals surface area contributed by atoms with E-state index in [2.05, 4.69) is 19.9 Å². The van der Waals surface area contributed by atoms with E-state index in [1.54, 1.807) is 19.6 Å². The first-order valence-corrected chi connectivity index (χ1v) is 9.20. The molecule has 1 fully saturated rings. The van der Waals surface area contributed by atoms with E-state index < -0.39 is 0 Å². The first-order valence-electron chi connectivity index (χ1n) is 8.83.